The van der Waals surface area contributed by atoms with Gasteiger partial charge in [-0.25, -0.2) is 0 Å². The Labute approximate surface area is 84.8 Å². The molecule has 1 atom stereocenters. The molecule has 1 heterocycles. The van der Waals surface area contributed by atoms with Crippen molar-refractivity contribution in [3.05, 3.63) is 35.9 Å². The third kappa shape index (κ3) is 1.64. The van der Waals surface area contributed by atoms with E-state index in [2.05, 4.69) is 42.2 Å². The fraction of sp³-hybridized carbons (Fsp3) is 0.417. The first-order valence-electron chi connectivity index (χ1n) is 5.00. The Kier molecular flexibility index (Phi) is 2.51. The lowest BCUT2D eigenvalue weighted by Gasteiger charge is -2.40. The second kappa shape index (κ2) is 3.81. The zero-order valence-electron chi connectivity index (χ0n) is 8.35. The van der Waals surface area contributed by atoms with Crippen LogP contribution in [0.4, 0.5) is 0 Å². The van der Waals surface area contributed by atoms with Crippen molar-refractivity contribution < 1.29 is 0 Å². The summed E-state index contributed by atoms with van der Waals surface area (Å²) in [4.78, 5) is 2.34. The minimum Gasteiger partial charge on any atom is -0.294 e. The van der Waals surface area contributed by atoms with Gasteiger partial charge in [0.05, 0.1) is 12.0 Å². The zero-order valence-corrected chi connectivity index (χ0v) is 8.35. The van der Waals surface area contributed by atoms with Gasteiger partial charge in [-0.2, -0.15) is 5.26 Å². The van der Waals surface area contributed by atoms with Crippen LogP contribution in [0, 0.1) is 17.2 Å². The Bertz CT molecular complexity index is 333. The van der Waals surface area contributed by atoms with Crippen LogP contribution in [0.2, 0.25) is 0 Å². The molecule has 2 rings (SSSR count). The summed E-state index contributed by atoms with van der Waals surface area (Å²) < 4.78 is 0. The quantitative estimate of drug-likeness (QED) is 0.708. The van der Waals surface area contributed by atoms with Crippen LogP contribution in [0.1, 0.15) is 18.5 Å². The van der Waals surface area contributed by atoms with Gasteiger partial charge in [0.25, 0.3) is 0 Å². The lowest BCUT2D eigenvalue weighted by molar-refractivity contribution is 0.0890. The van der Waals surface area contributed by atoms with E-state index in [1.54, 1.807) is 0 Å². The molecule has 1 aliphatic heterocycles. The summed E-state index contributed by atoms with van der Waals surface area (Å²) in [7, 11) is 0. The predicted molar refractivity (Wildman–Crippen MR) is 55.5 cm³/mol. The monoisotopic (exact) mass is 186 g/mol. The largest absolute Gasteiger partial charge is 0.294 e. The summed E-state index contributed by atoms with van der Waals surface area (Å²) in [5.74, 6) is 0.251. The Balaban J connectivity index is 1.98. The van der Waals surface area contributed by atoms with Gasteiger partial charge >= 0.3 is 0 Å². The topological polar surface area (TPSA) is 27.0 Å². The first-order chi connectivity index (χ1) is 6.81. The maximum absolute atomic E-state index is 8.68. The molecular weight excluding hydrogens is 172 g/mol. The van der Waals surface area contributed by atoms with Gasteiger partial charge in [-0.3, -0.25) is 4.90 Å². The summed E-state index contributed by atoms with van der Waals surface area (Å²) >= 11 is 0. The number of nitriles is 1. The van der Waals surface area contributed by atoms with E-state index >= 15 is 0 Å². The predicted octanol–water partition coefficient (Wildman–Crippen LogP) is 2.20. The molecule has 0 spiro atoms. The fourth-order valence-electron chi connectivity index (χ4n) is 1.85. The number of benzene rings is 1. The van der Waals surface area contributed by atoms with Gasteiger partial charge in [0.2, 0.25) is 0 Å². The van der Waals surface area contributed by atoms with Crippen molar-refractivity contribution >= 4 is 0 Å². The van der Waals surface area contributed by atoms with E-state index in [4.69, 9.17) is 5.26 Å². The molecule has 1 aromatic carbocycles. The second-order valence-corrected chi connectivity index (χ2v) is 3.87. The smallest absolute Gasteiger partial charge is 0.0717 e. The fourth-order valence-corrected chi connectivity index (χ4v) is 1.85. The van der Waals surface area contributed by atoms with E-state index in [1.165, 1.54) is 5.56 Å². The molecular formula is C12H14N2. The average Bonchev–Trinajstić information content (AvgIpc) is 2.17. The Morgan fingerprint density at radius 1 is 1.36 bits per heavy atom. The van der Waals surface area contributed by atoms with E-state index in [1.807, 2.05) is 6.07 Å². The minimum absolute atomic E-state index is 0.251. The highest BCUT2D eigenvalue weighted by atomic mass is 15.2. The highest BCUT2D eigenvalue weighted by Crippen LogP contribution is 2.27. The molecule has 14 heavy (non-hydrogen) atoms. The lowest BCUT2D eigenvalue weighted by atomic mass is 9.96. The minimum atomic E-state index is 0.251. The molecule has 2 heteroatoms. The summed E-state index contributed by atoms with van der Waals surface area (Å²) in [5, 5.41) is 8.68. The van der Waals surface area contributed by atoms with Crippen molar-refractivity contribution in [1.29, 1.82) is 5.26 Å². The van der Waals surface area contributed by atoms with Crippen molar-refractivity contribution in [2.45, 2.75) is 13.0 Å². The Morgan fingerprint density at radius 2 is 2.00 bits per heavy atom. The van der Waals surface area contributed by atoms with Gasteiger partial charge in [0, 0.05) is 19.1 Å². The van der Waals surface area contributed by atoms with Crippen LogP contribution >= 0.6 is 0 Å². The molecule has 2 nitrogen and oxygen atoms in total. The lowest BCUT2D eigenvalue weighted by Crippen LogP contribution is -2.46. The third-order valence-corrected chi connectivity index (χ3v) is 2.92. The molecule has 0 radical (unpaired) electrons. The van der Waals surface area contributed by atoms with E-state index in [9.17, 15) is 0 Å². The maximum Gasteiger partial charge on any atom is 0.0717 e. The number of likely N-dealkylation sites (tertiary alicyclic amines) is 1. The number of nitrogens with zero attached hydrogens (tertiary/aromatic N) is 2. The van der Waals surface area contributed by atoms with Crippen LogP contribution in [0.25, 0.3) is 0 Å². The van der Waals surface area contributed by atoms with Crippen LogP contribution in [-0.4, -0.2) is 18.0 Å². The third-order valence-electron chi connectivity index (χ3n) is 2.92. The summed E-state index contributed by atoms with van der Waals surface area (Å²) in [5.41, 5.74) is 1.34. The van der Waals surface area contributed by atoms with Crippen LogP contribution in [0.3, 0.4) is 0 Å². The van der Waals surface area contributed by atoms with Crippen molar-refractivity contribution in [2.75, 3.05) is 13.1 Å². The molecule has 0 saturated carbocycles. The van der Waals surface area contributed by atoms with E-state index in [-0.39, 0.29) is 5.92 Å². The normalized spacial score (nSPS) is 19.7. The number of rotatable bonds is 2. The average molecular weight is 186 g/mol. The van der Waals surface area contributed by atoms with Gasteiger partial charge in [-0.15, -0.1) is 0 Å². The summed E-state index contributed by atoms with van der Waals surface area (Å²) in [6.45, 7) is 4.04. The standard InChI is InChI=1S/C12H14N2/c1-10(12-5-3-2-4-6-12)14-8-11(7-13)9-14/h2-6,10-11H,8-9H2,1H3. The maximum atomic E-state index is 8.68. The van der Waals surface area contributed by atoms with E-state index in [0.717, 1.165) is 13.1 Å². The van der Waals surface area contributed by atoms with Crippen molar-refractivity contribution in [3.63, 3.8) is 0 Å². The van der Waals surface area contributed by atoms with Crippen LogP contribution in [0.5, 0.6) is 0 Å². The number of hydrogen-bond acceptors (Lipinski definition) is 2. The SMILES string of the molecule is CC(c1ccccc1)N1CC(C#N)C1. The molecule has 0 amide bonds. The van der Waals surface area contributed by atoms with Crippen LogP contribution in [0.15, 0.2) is 30.3 Å². The van der Waals surface area contributed by atoms with Gasteiger partial charge in [0.15, 0.2) is 0 Å². The van der Waals surface area contributed by atoms with Gasteiger partial charge in [0.1, 0.15) is 0 Å². The zero-order chi connectivity index (χ0) is 9.97. The molecule has 0 bridgehead atoms. The highest BCUT2D eigenvalue weighted by Gasteiger charge is 2.30. The Hall–Kier alpha value is -1.33. The van der Waals surface area contributed by atoms with Gasteiger partial charge in [-0.1, -0.05) is 30.3 Å². The van der Waals surface area contributed by atoms with Crippen LogP contribution in [-0.2, 0) is 0 Å². The molecule has 72 valence electrons. The second-order valence-electron chi connectivity index (χ2n) is 3.87. The molecule has 1 aromatic rings. The van der Waals surface area contributed by atoms with E-state index < -0.39 is 0 Å². The molecule has 1 fully saturated rings. The molecule has 1 saturated heterocycles. The molecule has 1 aliphatic rings. The van der Waals surface area contributed by atoms with Crippen molar-refractivity contribution in [2.24, 2.45) is 5.92 Å². The van der Waals surface area contributed by atoms with Gasteiger partial charge in [-0.05, 0) is 12.5 Å². The molecule has 0 aliphatic carbocycles. The first kappa shape index (κ1) is 9.23. The molecule has 0 N–H and O–H groups in total. The number of hydrogen-bond donors (Lipinski definition) is 0. The van der Waals surface area contributed by atoms with Crippen LogP contribution < -0.4 is 0 Å². The van der Waals surface area contributed by atoms with Crippen molar-refractivity contribution in [1.82, 2.24) is 4.90 Å². The molecule has 1 unspecified atom stereocenters. The van der Waals surface area contributed by atoms with Crippen molar-refractivity contribution in [3.8, 4) is 6.07 Å². The Morgan fingerprint density at radius 3 is 2.57 bits per heavy atom. The highest BCUT2D eigenvalue weighted by molar-refractivity contribution is 5.19. The van der Waals surface area contributed by atoms with E-state index in [0.29, 0.717) is 6.04 Å². The molecule has 0 aromatic heterocycles. The first-order valence-corrected chi connectivity index (χ1v) is 5.00. The van der Waals surface area contributed by atoms with Gasteiger partial charge < -0.3 is 0 Å². The summed E-state index contributed by atoms with van der Waals surface area (Å²) in [6, 6.07) is 13.2. The summed E-state index contributed by atoms with van der Waals surface area (Å²) in [6.07, 6.45) is 0.